The summed E-state index contributed by atoms with van der Waals surface area (Å²) in [6.45, 7) is 6.91. The first-order valence-electron chi connectivity index (χ1n) is 9.03. The fraction of sp³-hybridized carbons (Fsp3) is 0.579. The number of aromatic nitrogens is 2. The van der Waals surface area contributed by atoms with Gasteiger partial charge in [-0.05, 0) is 51.8 Å². The second kappa shape index (κ2) is 8.84. The van der Waals surface area contributed by atoms with Gasteiger partial charge in [0.05, 0.1) is 17.6 Å². The fourth-order valence-corrected chi connectivity index (χ4v) is 3.83. The zero-order valence-electron chi connectivity index (χ0n) is 16.0. The lowest BCUT2D eigenvalue weighted by Crippen LogP contribution is -2.41. The van der Waals surface area contributed by atoms with E-state index in [-0.39, 0.29) is 32.2 Å². The number of aliphatic hydroxyl groups excluding tert-OH is 1. The number of ether oxygens (including phenoxy) is 1. The van der Waals surface area contributed by atoms with Gasteiger partial charge in [0.2, 0.25) is 0 Å². The Hall–Kier alpha value is -1.25. The molecule has 1 saturated heterocycles. The third-order valence-electron chi connectivity index (χ3n) is 4.54. The number of carbonyl (C=O) groups excluding carboxylic acids is 1. The standard InChI is InChI=1S/C19H26BrN3O3.H2S/c1-19(2,3)26-18(25)22-8-4-5-14(22)12-17-21-15-11-13(20)6-7-16(15)23(17)9-10-24;/h6-7,11,14,24H,4-5,8-10,12H2,1-3H3;1H2. The smallest absolute Gasteiger partial charge is 0.410 e. The van der Waals surface area contributed by atoms with Crippen LogP contribution in [0.2, 0.25) is 0 Å². The van der Waals surface area contributed by atoms with E-state index in [9.17, 15) is 9.90 Å². The molecule has 2 heterocycles. The fourth-order valence-electron chi connectivity index (χ4n) is 3.48. The first-order valence-corrected chi connectivity index (χ1v) is 9.83. The van der Waals surface area contributed by atoms with Crippen LogP contribution in [-0.4, -0.2) is 50.4 Å². The van der Waals surface area contributed by atoms with Crippen molar-refractivity contribution in [3.63, 3.8) is 0 Å². The minimum absolute atomic E-state index is 0. The van der Waals surface area contributed by atoms with Crippen molar-refractivity contribution < 1.29 is 14.6 Å². The van der Waals surface area contributed by atoms with Crippen LogP contribution in [0.4, 0.5) is 4.79 Å². The maximum absolute atomic E-state index is 12.5. The number of amides is 1. The molecule has 6 nitrogen and oxygen atoms in total. The van der Waals surface area contributed by atoms with Crippen molar-refractivity contribution >= 4 is 46.6 Å². The van der Waals surface area contributed by atoms with Crippen molar-refractivity contribution in [1.29, 1.82) is 0 Å². The quantitative estimate of drug-likeness (QED) is 0.756. The Bertz CT molecular complexity index is 803. The summed E-state index contributed by atoms with van der Waals surface area (Å²) in [4.78, 5) is 19.1. The van der Waals surface area contributed by atoms with Crippen LogP contribution in [0.15, 0.2) is 22.7 Å². The Morgan fingerprint density at radius 1 is 1.41 bits per heavy atom. The molecule has 150 valence electrons. The largest absolute Gasteiger partial charge is 0.444 e. The van der Waals surface area contributed by atoms with Crippen molar-refractivity contribution in [2.24, 2.45) is 0 Å². The lowest BCUT2D eigenvalue weighted by atomic mass is 10.1. The minimum Gasteiger partial charge on any atom is -0.444 e. The van der Waals surface area contributed by atoms with Crippen LogP contribution >= 0.6 is 29.4 Å². The van der Waals surface area contributed by atoms with E-state index in [2.05, 4.69) is 15.9 Å². The molecule has 1 aromatic heterocycles. The average molecular weight is 458 g/mol. The second-order valence-electron chi connectivity index (χ2n) is 7.71. The lowest BCUT2D eigenvalue weighted by molar-refractivity contribution is 0.0225. The molecule has 0 saturated carbocycles. The van der Waals surface area contributed by atoms with E-state index < -0.39 is 5.60 Å². The van der Waals surface area contributed by atoms with Gasteiger partial charge in [-0.2, -0.15) is 13.5 Å². The van der Waals surface area contributed by atoms with Gasteiger partial charge >= 0.3 is 6.09 Å². The van der Waals surface area contributed by atoms with E-state index >= 15 is 0 Å². The number of fused-ring (bicyclic) bond motifs is 1. The zero-order valence-corrected chi connectivity index (χ0v) is 18.6. The minimum atomic E-state index is -0.499. The highest BCUT2D eigenvalue weighted by Gasteiger charge is 2.33. The van der Waals surface area contributed by atoms with Gasteiger partial charge in [0.15, 0.2) is 0 Å². The summed E-state index contributed by atoms with van der Waals surface area (Å²) >= 11 is 3.48. The number of benzene rings is 1. The Kier molecular flexibility index (Phi) is 7.21. The van der Waals surface area contributed by atoms with Crippen molar-refractivity contribution in [1.82, 2.24) is 14.5 Å². The molecule has 1 N–H and O–H groups in total. The molecule has 3 rings (SSSR count). The Morgan fingerprint density at radius 3 is 2.81 bits per heavy atom. The summed E-state index contributed by atoms with van der Waals surface area (Å²) in [6, 6.07) is 6.03. The van der Waals surface area contributed by atoms with Gasteiger partial charge in [0.25, 0.3) is 0 Å². The van der Waals surface area contributed by atoms with Crippen LogP contribution in [0.5, 0.6) is 0 Å². The molecular formula is C19H28BrN3O3S. The van der Waals surface area contributed by atoms with Gasteiger partial charge in [-0.25, -0.2) is 9.78 Å². The number of hydrogen-bond acceptors (Lipinski definition) is 4. The molecule has 0 bridgehead atoms. The normalized spacial score (nSPS) is 17.2. The van der Waals surface area contributed by atoms with Crippen LogP contribution in [0.1, 0.15) is 39.4 Å². The van der Waals surface area contributed by atoms with Gasteiger partial charge < -0.3 is 19.3 Å². The molecule has 27 heavy (non-hydrogen) atoms. The number of halogens is 1. The van der Waals surface area contributed by atoms with E-state index in [0.29, 0.717) is 19.5 Å². The number of imidazole rings is 1. The Labute approximate surface area is 175 Å². The van der Waals surface area contributed by atoms with Crippen molar-refractivity contribution in [2.45, 2.75) is 58.2 Å². The predicted octanol–water partition coefficient (Wildman–Crippen LogP) is 3.85. The highest BCUT2D eigenvalue weighted by atomic mass is 79.9. The average Bonchev–Trinajstić information content (AvgIpc) is 3.11. The highest BCUT2D eigenvalue weighted by molar-refractivity contribution is 9.10. The SMILES string of the molecule is CC(C)(C)OC(=O)N1CCCC1Cc1nc2cc(Br)ccc2n1CCO.S. The third-order valence-corrected chi connectivity index (χ3v) is 5.03. The first kappa shape index (κ1) is 22.0. The maximum Gasteiger partial charge on any atom is 0.410 e. The van der Waals surface area contributed by atoms with Gasteiger partial charge in [0, 0.05) is 30.0 Å². The van der Waals surface area contributed by atoms with Crippen LogP contribution in [0.3, 0.4) is 0 Å². The van der Waals surface area contributed by atoms with Crippen LogP contribution < -0.4 is 0 Å². The molecule has 1 atom stereocenters. The second-order valence-corrected chi connectivity index (χ2v) is 8.63. The summed E-state index contributed by atoms with van der Waals surface area (Å²) in [5, 5.41) is 9.46. The summed E-state index contributed by atoms with van der Waals surface area (Å²) in [7, 11) is 0. The molecule has 1 aromatic carbocycles. The van der Waals surface area contributed by atoms with Crippen LogP contribution in [-0.2, 0) is 17.7 Å². The van der Waals surface area contributed by atoms with Gasteiger partial charge in [-0.3, -0.25) is 0 Å². The zero-order chi connectivity index (χ0) is 18.9. The van der Waals surface area contributed by atoms with E-state index in [0.717, 1.165) is 34.2 Å². The number of rotatable bonds is 4. The van der Waals surface area contributed by atoms with E-state index in [1.807, 2.05) is 48.4 Å². The lowest BCUT2D eigenvalue weighted by Gasteiger charge is -2.28. The molecule has 1 amide bonds. The molecule has 0 radical (unpaired) electrons. The summed E-state index contributed by atoms with van der Waals surface area (Å²) < 4.78 is 8.58. The highest BCUT2D eigenvalue weighted by Crippen LogP contribution is 2.26. The van der Waals surface area contributed by atoms with Gasteiger partial charge in [-0.1, -0.05) is 15.9 Å². The monoisotopic (exact) mass is 457 g/mol. The van der Waals surface area contributed by atoms with Gasteiger partial charge in [0.1, 0.15) is 11.4 Å². The summed E-state index contributed by atoms with van der Waals surface area (Å²) in [5.74, 6) is 0.896. The predicted molar refractivity (Wildman–Crippen MR) is 115 cm³/mol. The number of hydrogen-bond donors (Lipinski definition) is 1. The molecule has 1 aliphatic heterocycles. The van der Waals surface area contributed by atoms with Crippen molar-refractivity contribution in [2.75, 3.05) is 13.2 Å². The number of likely N-dealkylation sites (tertiary alicyclic amines) is 1. The summed E-state index contributed by atoms with van der Waals surface area (Å²) in [6.07, 6.45) is 2.31. The molecular weight excluding hydrogens is 430 g/mol. The maximum atomic E-state index is 12.5. The third kappa shape index (κ3) is 5.18. The number of carbonyl (C=O) groups is 1. The van der Waals surface area contributed by atoms with E-state index in [4.69, 9.17) is 9.72 Å². The number of aliphatic hydroxyl groups is 1. The molecule has 1 aliphatic rings. The number of nitrogens with zero attached hydrogens (tertiary/aromatic N) is 3. The molecule has 0 spiro atoms. The topological polar surface area (TPSA) is 67.6 Å². The van der Waals surface area contributed by atoms with Crippen LogP contribution in [0.25, 0.3) is 11.0 Å². The van der Waals surface area contributed by atoms with Gasteiger partial charge in [-0.15, -0.1) is 0 Å². The Morgan fingerprint density at radius 2 is 2.15 bits per heavy atom. The van der Waals surface area contributed by atoms with Crippen molar-refractivity contribution in [3.05, 3.63) is 28.5 Å². The van der Waals surface area contributed by atoms with E-state index in [1.54, 1.807) is 0 Å². The molecule has 0 aliphatic carbocycles. The van der Waals surface area contributed by atoms with Crippen molar-refractivity contribution in [3.8, 4) is 0 Å². The molecule has 1 unspecified atom stereocenters. The summed E-state index contributed by atoms with van der Waals surface area (Å²) in [5.41, 5.74) is 1.39. The van der Waals surface area contributed by atoms with Crippen LogP contribution in [0, 0.1) is 0 Å². The first-order chi connectivity index (χ1) is 12.3. The molecule has 1 fully saturated rings. The molecule has 8 heteroatoms. The van der Waals surface area contributed by atoms with E-state index in [1.165, 1.54) is 0 Å². The molecule has 2 aromatic rings. The Balaban J connectivity index is 0.00000261.